The lowest BCUT2D eigenvalue weighted by Gasteiger charge is -2.66. The lowest BCUT2D eigenvalue weighted by atomic mass is 9.40. The summed E-state index contributed by atoms with van der Waals surface area (Å²) in [7, 11) is 0. The van der Waals surface area contributed by atoms with Crippen LogP contribution in [0.1, 0.15) is 92.6 Å². The summed E-state index contributed by atoms with van der Waals surface area (Å²) in [6.45, 7) is 14.4. The number of nitrogens with one attached hydrogen (secondary N) is 1. The van der Waals surface area contributed by atoms with Crippen LogP contribution in [0.4, 0.5) is 5.69 Å². The number of fused-ring (bicyclic) bond motifs is 10. The van der Waals surface area contributed by atoms with E-state index in [4.69, 9.17) is 14.2 Å². The maximum Gasteiger partial charge on any atom is 0.306 e. The van der Waals surface area contributed by atoms with Crippen molar-refractivity contribution in [2.24, 2.45) is 28.6 Å². The van der Waals surface area contributed by atoms with E-state index in [0.29, 0.717) is 12.8 Å². The van der Waals surface area contributed by atoms with E-state index in [-0.39, 0.29) is 59.3 Å². The number of rotatable bonds is 1. The maximum absolute atomic E-state index is 13.4. The second-order valence-electron chi connectivity index (χ2n) is 15.0. The van der Waals surface area contributed by atoms with Crippen LogP contribution in [0.15, 0.2) is 24.3 Å². The van der Waals surface area contributed by atoms with Gasteiger partial charge in [-0.25, -0.2) is 0 Å². The molecule has 4 heterocycles. The number of hydrogen-bond donors (Lipinski definition) is 1. The van der Waals surface area contributed by atoms with Crippen molar-refractivity contribution >= 4 is 23.5 Å². The van der Waals surface area contributed by atoms with E-state index in [1.165, 1.54) is 6.92 Å². The number of benzene rings is 1. The zero-order valence-corrected chi connectivity index (χ0v) is 25.4. The average molecular weight is 565 g/mol. The SMILES string of the molecule is CC(=O)OC1CC2C(C)(C)OC(=O)CCC2(C)C2CCC3(C)OC4(CC3C12C)c1ccccc1N1C(=O)C(C)NC14. The van der Waals surface area contributed by atoms with Gasteiger partial charge in [-0.3, -0.25) is 24.6 Å². The first-order valence-corrected chi connectivity index (χ1v) is 15.5. The Balaban J connectivity index is 1.37. The summed E-state index contributed by atoms with van der Waals surface area (Å²) in [6, 6.07) is 7.88. The number of amides is 1. The molecule has 1 aromatic rings. The summed E-state index contributed by atoms with van der Waals surface area (Å²) >= 11 is 0. The number of carbonyl (C=O) groups excluding carboxylic acids is 3. The average Bonchev–Trinajstić information content (AvgIpc) is 3.45. The van der Waals surface area contributed by atoms with Gasteiger partial charge < -0.3 is 14.2 Å². The first-order chi connectivity index (χ1) is 19.2. The Kier molecular flexibility index (Phi) is 5.57. The van der Waals surface area contributed by atoms with Gasteiger partial charge in [0.15, 0.2) is 0 Å². The van der Waals surface area contributed by atoms with Crippen LogP contribution in [-0.2, 0) is 34.2 Å². The lowest BCUT2D eigenvalue weighted by molar-refractivity contribution is -0.248. The minimum Gasteiger partial charge on any atom is -0.462 e. The van der Waals surface area contributed by atoms with Crippen molar-refractivity contribution in [2.45, 2.75) is 122 Å². The summed E-state index contributed by atoms with van der Waals surface area (Å²) in [5, 5.41) is 3.59. The summed E-state index contributed by atoms with van der Waals surface area (Å²) < 4.78 is 19.7. The van der Waals surface area contributed by atoms with E-state index < -0.39 is 22.2 Å². The van der Waals surface area contributed by atoms with Gasteiger partial charge in [-0.15, -0.1) is 0 Å². The van der Waals surface area contributed by atoms with Crippen molar-refractivity contribution in [3.8, 4) is 0 Å². The van der Waals surface area contributed by atoms with Crippen LogP contribution in [0.2, 0.25) is 0 Å². The molecule has 8 nitrogen and oxygen atoms in total. The van der Waals surface area contributed by atoms with Crippen LogP contribution in [-0.4, -0.2) is 47.4 Å². The molecule has 1 N–H and O–H groups in total. The first-order valence-electron chi connectivity index (χ1n) is 15.5. The van der Waals surface area contributed by atoms with Gasteiger partial charge in [0.05, 0.1) is 17.3 Å². The van der Waals surface area contributed by atoms with Crippen molar-refractivity contribution in [3.63, 3.8) is 0 Å². The fourth-order valence-corrected chi connectivity index (χ4v) is 11.0. The highest BCUT2D eigenvalue weighted by Gasteiger charge is 2.75. The quantitative estimate of drug-likeness (QED) is 0.488. The van der Waals surface area contributed by atoms with Crippen LogP contribution in [0, 0.1) is 28.6 Å². The van der Waals surface area contributed by atoms with E-state index in [0.717, 1.165) is 36.9 Å². The molecule has 1 aromatic carbocycles. The monoisotopic (exact) mass is 564 g/mol. The van der Waals surface area contributed by atoms with Gasteiger partial charge in [0, 0.05) is 36.2 Å². The topological polar surface area (TPSA) is 94.2 Å². The molecule has 0 bridgehead atoms. The molecule has 222 valence electrons. The Morgan fingerprint density at radius 1 is 1.05 bits per heavy atom. The van der Waals surface area contributed by atoms with Crippen molar-refractivity contribution in [1.29, 1.82) is 0 Å². The second kappa shape index (κ2) is 8.34. The van der Waals surface area contributed by atoms with Crippen molar-refractivity contribution in [3.05, 3.63) is 29.8 Å². The Hall–Kier alpha value is -2.45. The number of esters is 2. The predicted molar refractivity (Wildman–Crippen MR) is 152 cm³/mol. The van der Waals surface area contributed by atoms with E-state index in [1.807, 2.05) is 43.9 Å². The Morgan fingerprint density at radius 2 is 1.78 bits per heavy atom. The molecule has 2 aliphatic carbocycles. The Morgan fingerprint density at radius 3 is 2.51 bits per heavy atom. The number of ether oxygens (including phenoxy) is 3. The van der Waals surface area contributed by atoms with Gasteiger partial charge in [-0.1, -0.05) is 32.0 Å². The van der Waals surface area contributed by atoms with Crippen LogP contribution in [0.3, 0.4) is 0 Å². The molecule has 4 aliphatic heterocycles. The van der Waals surface area contributed by atoms with Gasteiger partial charge >= 0.3 is 11.9 Å². The van der Waals surface area contributed by atoms with E-state index in [1.54, 1.807) is 0 Å². The Labute approximate surface area is 242 Å². The minimum absolute atomic E-state index is 0.0576. The van der Waals surface area contributed by atoms with E-state index in [9.17, 15) is 14.4 Å². The third-order valence-electron chi connectivity index (χ3n) is 12.6. The van der Waals surface area contributed by atoms with E-state index >= 15 is 0 Å². The van der Waals surface area contributed by atoms with Crippen LogP contribution in [0.5, 0.6) is 0 Å². The van der Waals surface area contributed by atoms with Gasteiger partial charge in [-0.05, 0) is 77.2 Å². The fourth-order valence-electron chi connectivity index (χ4n) is 11.0. The van der Waals surface area contributed by atoms with Gasteiger partial charge in [-0.2, -0.15) is 0 Å². The molecule has 8 heteroatoms. The van der Waals surface area contributed by atoms with E-state index in [2.05, 4.69) is 32.2 Å². The zero-order chi connectivity index (χ0) is 29.3. The number of carbonyl (C=O) groups is 3. The molecule has 10 unspecified atom stereocenters. The molecule has 6 aliphatic rings. The first kappa shape index (κ1) is 27.4. The van der Waals surface area contributed by atoms with Crippen LogP contribution in [0.25, 0.3) is 0 Å². The third-order valence-corrected chi connectivity index (χ3v) is 12.6. The molecule has 0 radical (unpaired) electrons. The molecule has 1 amide bonds. The normalized spacial score (nSPS) is 47.5. The third kappa shape index (κ3) is 3.38. The smallest absolute Gasteiger partial charge is 0.306 e. The highest BCUT2D eigenvalue weighted by Crippen LogP contribution is 2.73. The highest BCUT2D eigenvalue weighted by atomic mass is 16.6. The molecule has 0 aromatic heterocycles. The predicted octanol–water partition coefficient (Wildman–Crippen LogP) is 4.83. The van der Waals surface area contributed by atoms with Gasteiger partial charge in [0.1, 0.15) is 23.5 Å². The Bertz CT molecular complexity index is 1340. The number of cyclic esters (lactones) is 1. The standard InChI is InChI=1S/C33H44N2O6/c1-18-27(38)35-21-11-9-8-10-20(21)33(28(35)34-18)17-24-31(6,41-33)15-12-22-30(5)14-13-26(37)40-29(3,4)23(30)16-25(32(22,24)7)39-19(2)36/h8-11,18,22-25,28,34H,12-17H2,1-7H3. The molecule has 10 atom stereocenters. The summed E-state index contributed by atoms with van der Waals surface area (Å²) in [5.41, 5.74) is -0.413. The van der Waals surface area contributed by atoms with Crippen molar-refractivity contribution in [1.82, 2.24) is 5.32 Å². The number of nitrogens with zero attached hydrogens (tertiary/aromatic N) is 1. The fraction of sp³-hybridized carbons (Fsp3) is 0.727. The molecule has 3 saturated heterocycles. The lowest BCUT2D eigenvalue weighted by Crippen LogP contribution is -2.66. The van der Waals surface area contributed by atoms with Gasteiger partial charge in [0.2, 0.25) is 5.91 Å². The molecule has 1 spiro atoms. The zero-order valence-electron chi connectivity index (χ0n) is 25.4. The summed E-state index contributed by atoms with van der Waals surface area (Å²) in [4.78, 5) is 40.8. The van der Waals surface area contributed by atoms with Crippen molar-refractivity contribution < 1.29 is 28.6 Å². The summed E-state index contributed by atoms with van der Waals surface area (Å²) in [6.07, 6.45) is 3.67. The van der Waals surface area contributed by atoms with Gasteiger partial charge in [0.25, 0.3) is 0 Å². The van der Waals surface area contributed by atoms with Crippen molar-refractivity contribution in [2.75, 3.05) is 4.90 Å². The van der Waals surface area contributed by atoms with Crippen LogP contribution >= 0.6 is 0 Å². The highest BCUT2D eigenvalue weighted by molar-refractivity contribution is 6.02. The number of anilines is 1. The number of para-hydroxylation sites is 1. The summed E-state index contributed by atoms with van der Waals surface area (Å²) in [5.74, 6) is -0.0234. The second-order valence-corrected chi connectivity index (χ2v) is 15.0. The molecule has 41 heavy (non-hydrogen) atoms. The number of hydrogen-bond acceptors (Lipinski definition) is 7. The molecular weight excluding hydrogens is 520 g/mol. The molecule has 2 saturated carbocycles. The molecular formula is C33H44N2O6. The molecule has 5 fully saturated rings. The molecule has 7 rings (SSSR count). The maximum atomic E-state index is 13.4. The largest absolute Gasteiger partial charge is 0.462 e. The van der Waals surface area contributed by atoms with Crippen LogP contribution < -0.4 is 10.2 Å². The minimum atomic E-state index is -0.700.